The van der Waals surface area contributed by atoms with Gasteiger partial charge in [0.1, 0.15) is 54.6 Å². The van der Waals surface area contributed by atoms with Gasteiger partial charge in [-0.15, -0.1) is 0 Å². The molecule has 93 heavy (non-hydrogen) atoms. The first-order valence-electron chi connectivity index (χ1n) is 30.4. The van der Waals surface area contributed by atoms with Crippen molar-refractivity contribution in [1.82, 2.24) is 45.2 Å². The first kappa shape index (κ1) is 69.2. The summed E-state index contributed by atoms with van der Waals surface area (Å²) in [7, 11) is 4.88. The van der Waals surface area contributed by atoms with Crippen molar-refractivity contribution in [3.63, 3.8) is 0 Å². The van der Waals surface area contributed by atoms with E-state index >= 15 is 0 Å². The van der Waals surface area contributed by atoms with Crippen LogP contribution in [0.15, 0.2) is 97.1 Å². The molecule has 486 valence electrons. The first-order chi connectivity index (χ1) is 45.2. The third-order valence-corrected chi connectivity index (χ3v) is 14.4. The number of unbranched alkanes of at least 4 members (excludes halogenated alkanes) is 1. The van der Waals surface area contributed by atoms with Crippen molar-refractivity contribution >= 4 is 55.9 Å². The summed E-state index contributed by atoms with van der Waals surface area (Å²) >= 11 is 0. The number of ether oxygens (including phenoxy) is 13. The van der Waals surface area contributed by atoms with Gasteiger partial charge in [0.15, 0.2) is 0 Å². The van der Waals surface area contributed by atoms with Gasteiger partial charge in [0.05, 0.1) is 122 Å². The average Bonchev–Trinajstić information content (AvgIpc) is 1.62. The zero-order valence-corrected chi connectivity index (χ0v) is 55.4. The molecule has 0 fully saturated rings. The number of aromatic nitrogens is 8. The van der Waals surface area contributed by atoms with Gasteiger partial charge in [-0.1, -0.05) is 0 Å². The van der Waals surface area contributed by atoms with E-state index in [4.69, 9.17) is 113 Å². The summed E-state index contributed by atoms with van der Waals surface area (Å²) in [6, 6.07) is 27.9. The van der Waals surface area contributed by atoms with E-state index in [1.54, 1.807) is 51.7 Å². The van der Waals surface area contributed by atoms with E-state index in [9.17, 15) is 9.59 Å². The zero-order valence-electron chi connectivity index (χ0n) is 52.4. The fourth-order valence-electron chi connectivity index (χ4n) is 9.79. The number of carbonyl (C=O) groups excluding carboxylic acids is 2. The fraction of sp³-hybridized carbons (Fsp3) is 0.394. The van der Waals surface area contributed by atoms with Crippen LogP contribution in [0.25, 0.3) is 89.7 Å². The molecule has 2 aliphatic rings. The molecule has 0 aliphatic carbocycles. The van der Waals surface area contributed by atoms with Gasteiger partial charge >= 0.3 is 19.5 Å². The van der Waals surface area contributed by atoms with Crippen LogP contribution in [0.1, 0.15) is 29.6 Å². The Morgan fingerprint density at radius 1 is 0.419 bits per heavy atom. The Bertz CT molecular complexity index is 3900. The number of methoxy groups -OCH3 is 3. The van der Waals surface area contributed by atoms with E-state index < -0.39 is 17.9 Å². The minimum atomic E-state index is -0.840. The van der Waals surface area contributed by atoms with Crippen LogP contribution in [0.4, 0.5) is 0 Å². The van der Waals surface area contributed by atoms with Crippen LogP contribution in [-0.2, 0) is 66.9 Å². The van der Waals surface area contributed by atoms with E-state index in [1.807, 2.05) is 66.7 Å². The SMILES string of the molecule is COCCOCCOCCOc1ccc2c(c1)-c1nc-2nc2[n-]c(nc3nc(nc4[n-]c(n1)c1ccc(OCCOCCOCCOC)cc41)-c1ccc(OCCOCCOCCOC)cc1-3)c1ccc(Oc3ccc(C(=O)N[C@@H](CCCCN)C(N)=O)cc3)cc21.[Zn+2]. The van der Waals surface area contributed by atoms with Crippen LogP contribution in [0.5, 0.6) is 28.7 Å². The molecular formula is C66H75N11O15Zn. The largest absolute Gasteiger partial charge is 2.00 e. The Hall–Kier alpha value is -8.18. The van der Waals surface area contributed by atoms with Gasteiger partial charge in [0.2, 0.25) is 5.91 Å². The second kappa shape index (κ2) is 35.7. The zero-order chi connectivity index (χ0) is 63.9. The predicted octanol–water partition coefficient (Wildman–Crippen LogP) is 6.81. The summed E-state index contributed by atoms with van der Waals surface area (Å²) in [6.45, 7) is 7.65. The smallest absolute Gasteiger partial charge is 0.491 e. The Labute approximate surface area is 549 Å². The van der Waals surface area contributed by atoms with Crippen molar-refractivity contribution in [3.05, 3.63) is 103 Å². The van der Waals surface area contributed by atoms with Gasteiger partial charge in [-0.2, -0.15) is 0 Å². The van der Waals surface area contributed by atoms with Crippen LogP contribution in [0, 0.1) is 0 Å². The Balaban J connectivity index is 0.0000102. The standard InChI is InChI=1S/C66H77N11O15.Zn/c1-80-20-23-83-26-29-86-32-35-89-44-11-15-48-52(38-44)62-70-58(48)72-63-54-40-46(91-37-34-88-31-28-85-25-22-82-3)13-17-50(54)60(74-63)76-65-55-41-47(92-43-9-7-42(8-10-43)66(79)69-56(57(68)78)6-4-5-19-67)14-18-51(55)61(77-65)75-64-53-39-45(12-16-49(53)59(71-62)73-64)90-36-33-87-30-27-84-24-21-81-2;/h7-18,38-41,56H,4-6,19-37,67H2,1-3H3,(H5,68,69,70,71,72,73,74,75,76,77,78,79);/q;+2/p-2/t56-;/m0./s1. The molecule has 0 saturated carbocycles. The normalized spacial score (nSPS) is 11.9. The Morgan fingerprint density at radius 2 is 0.785 bits per heavy atom. The number of fused-ring (bicyclic) bond motifs is 20. The number of amides is 2. The monoisotopic (exact) mass is 1330 g/mol. The molecule has 10 rings (SSSR count). The number of primary amides is 1. The molecule has 8 aromatic rings. The maximum Gasteiger partial charge on any atom is 2.00 e. The molecule has 0 saturated heterocycles. The molecule has 5 heterocycles. The van der Waals surface area contributed by atoms with Crippen molar-refractivity contribution in [2.45, 2.75) is 25.3 Å². The topological polar surface area (TPSA) is 324 Å². The van der Waals surface area contributed by atoms with E-state index in [0.717, 1.165) is 0 Å². The van der Waals surface area contributed by atoms with Gasteiger partial charge in [-0.05, 0) is 144 Å². The minimum absolute atomic E-state index is 0. The molecule has 8 bridgehead atoms. The molecule has 1 atom stereocenters. The predicted molar refractivity (Wildman–Crippen MR) is 341 cm³/mol. The summed E-state index contributed by atoms with van der Waals surface area (Å²) in [4.78, 5) is 66.7. The minimum Gasteiger partial charge on any atom is -0.491 e. The van der Waals surface area contributed by atoms with E-state index in [-0.39, 0.29) is 44.9 Å². The number of rotatable bonds is 39. The molecule has 0 unspecified atom stereocenters. The molecule has 0 radical (unpaired) electrons. The van der Waals surface area contributed by atoms with E-state index in [0.29, 0.717) is 243 Å². The maximum absolute atomic E-state index is 13.3. The first-order valence-corrected chi connectivity index (χ1v) is 30.4. The second-order valence-electron chi connectivity index (χ2n) is 20.9. The molecule has 5 N–H and O–H groups in total. The summed E-state index contributed by atoms with van der Waals surface area (Å²) in [5.41, 5.74) is 15.4. The van der Waals surface area contributed by atoms with Crippen molar-refractivity contribution in [2.24, 2.45) is 11.5 Å². The number of hydrogen-bond acceptors (Lipinski definition) is 22. The summed E-state index contributed by atoms with van der Waals surface area (Å²) in [5, 5.41) is 5.24. The van der Waals surface area contributed by atoms with Crippen LogP contribution < -0.4 is 45.7 Å². The molecule has 2 amide bonds. The number of hydrogen-bond donors (Lipinski definition) is 3. The van der Waals surface area contributed by atoms with Crippen molar-refractivity contribution in [1.29, 1.82) is 0 Å². The van der Waals surface area contributed by atoms with Gasteiger partial charge < -0.3 is 108 Å². The van der Waals surface area contributed by atoms with E-state index in [1.165, 1.54) is 0 Å². The van der Waals surface area contributed by atoms with Crippen LogP contribution in [0.3, 0.4) is 0 Å². The van der Waals surface area contributed by atoms with Crippen LogP contribution in [-0.4, -0.2) is 195 Å². The van der Waals surface area contributed by atoms with Crippen molar-refractivity contribution in [2.75, 3.05) is 147 Å². The van der Waals surface area contributed by atoms with Crippen LogP contribution >= 0.6 is 0 Å². The number of carbonyl (C=O) groups is 2. The summed E-state index contributed by atoms with van der Waals surface area (Å²) in [5.74, 6) is 2.68. The van der Waals surface area contributed by atoms with Crippen LogP contribution in [0.2, 0.25) is 0 Å². The summed E-state index contributed by atoms with van der Waals surface area (Å²) < 4.78 is 74.2. The quantitative estimate of drug-likeness (QED) is 0.0263. The molecular weight excluding hydrogens is 1250 g/mol. The number of benzene rings is 5. The molecule has 5 aromatic carbocycles. The second-order valence-corrected chi connectivity index (χ2v) is 20.9. The Morgan fingerprint density at radius 3 is 1.22 bits per heavy atom. The van der Waals surface area contributed by atoms with E-state index in [2.05, 4.69) is 5.32 Å². The van der Waals surface area contributed by atoms with Gasteiger partial charge in [-0.3, -0.25) is 9.59 Å². The Kier molecular flexibility index (Phi) is 26.6. The number of nitrogens with zero attached hydrogens (tertiary/aromatic N) is 8. The summed E-state index contributed by atoms with van der Waals surface area (Å²) in [6.07, 6.45) is 1.71. The van der Waals surface area contributed by atoms with Crippen molar-refractivity contribution < 1.29 is 90.6 Å². The molecule has 27 heteroatoms. The fourth-order valence-corrected chi connectivity index (χ4v) is 9.79. The third-order valence-electron chi connectivity index (χ3n) is 14.4. The third kappa shape index (κ3) is 19.0. The van der Waals surface area contributed by atoms with Gasteiger partial charge in [0, 0.05) is 71.7 Å². The molecule has 0 spiro atoms. The molecule has 3 aromatic heterocycles. The molecule has 2 aliphatic heterocycles. The number of nitrogens with two attached hydrogens (primary N) is 2. The average molecular weight is 1330 g/mol. The number of nitrogens with one attached hydrogen (secondary N) is 1. The van der Waals surface area contributed by atoms with Gasteiger partial charge in [0.25, 0.3) is 5.91 Å². The van der Waals surface area contributed by atoms with Gasteiger partial charge in [-0.25, -0.2) is 9.97 Å². The maximum atomic E-state index is 13.3. The molecule has 26 nitrogen and oxygen atoms in total. The van der Waals surface area contributed by atoms with Crippen molar-refractivity contribution in [3.8, 4) is 74.3 Å².